The molecule has 0 aliphatic heterocycles. The van der Waals surface area contributed by atoms with E-state index in [0.717, 1.165) is 44.5 Å². The zero-order valence-electron chi connectivity index (χ0n) is 32.1. The van der Waals surface area contributed by atoms with E-state index >= 15 is 0 Å². The molecule has 0 aliphatic rings. The van der Waals surface area contributed by atoms with Crippen molar-refractivity contribution < 1.29 is 24.5 Å². The maximum Gasteiger partial charge on any atom is 0.120 e. The first-order chi connectivity index (χ1) is 24.9. The standard InChI is InChI=1S/C29H26NO.C19H20GeN.Ir/c1-17(2)21-12-13-30-25(16-21)22-10-11-24(27-19(4)14-18(3)15-20(27)5)28-23-8-6-7-9-26(23)31-29(22)28;1-14-11-19(21-13-18(14)20(2,3)4)17-10-9-15-7-5-6-8-16(15)12-17;/h6-9,11-17H,1-5H3;5-9,11-13H,1-4H3;/q2*-1;. The third kappa shape index (κ3) is 7.83. The molecule has 0 N–H and O–H groups in total. The molecule has 5 heteroatoms. The fourth-order valence-corrected chi connectivity index (χ4v) is 11.1. The van der Waals surface area contributed by atoms with Crippen molar-refractivity contribution in [3.8, 4) is 33.6 Å². The summed E-state index contributed by atoms with van der Waals surface area (Å²) < 4.78 is 7.92. The van der Waals surface area contributed by atoms with Gasteiger partial charge in [0.15, 0.2) is 0 Å². The zero-order chi connectivity index (χ0) is 36.7. The van der Waals surface area contributed by atoms with Crippen LogP contribution in [0.2, 0.25) is 17.3 Å². The summed E-state index contributed by atoms with van der Waals surface area (Å²) in [5.74, 6) is 7.66. The first-order valence-corrected chi connectivity index (χ1v) is 25.5. The van der Waals surface area contributed by atoms with E-state index in [9.17, 15) is 0 Å². The first-order valence-electron chi connectivity index (χ1n) is 18.2. The Labute approximate surface area is 330 Å². The zero-order valence-corrected chi connectivity index (χ0v) is 36.6. The first kappa shape index (κ1) is 38.4. The molecule has 0 spiro atoms. The van der Waals surface area contributed by atoms with Gasteiger partial charge in [-0.15, -0.1) is 12.1 Å². The number of benzene rings is 5. The van der Waals surface area contributed by atoms with Crippen LogP contribution in [0, 0.1) is 39.8 Å². The molecule has 0 bridgehead atoms. The summed E-state index contributed by atoms with van der Waals surface area (Å²) in [4.78, 5) is 9.37. The number of pyridine rings is 2. The van der Waals surface area contributed by atoms with Gasteiger partial charge in [-0.1, -0.05) is 89.2 Å². The van der Waals surface area contributed by atoms with E-state index in [-0.39, 0.29) is 20.1 Å². The molecule has 0 atom stereocenters. The number of aromatic nitrogens is 2. The molecule has 3 nitrogen and oxygen atoms in total. The topological polar surface area (TPSA) is 38.9 Å². The minimum atomic E-state index is -1.82. The fraction of sp³-hybridized carbons (Fsp3) is 0.208. The fourth-order valence-electron chi connectivity index (χ4n) is 7.47. The molecular weight excluding hydrogens is 885 g/mol. The van der Waals surface area contributed by atoms with E-state index in [1.165, 1.54) is 54.1 Å². The van der Waals surface area contributed by atoms with Gasteiger partial charge < -0.3 is 9.40 Å². The van der Waals surface area contributed by atoms with Gasteiger partial charge in [0.2, 0.25) is 0 Å². The van der Waals surface area contributed by atoms with Gasteiger partial charge in [-0.2, -0.15) is 0 Å². The van der Waals surface area contributed by atoms with Crippen LogP contribution in [0.4, 0.5) is 0 Å². The van der Waals surface area contributed by atoms with Gasteiger partial charge in [0.1, 0.15) is 5.58 Å². The number of furan rings is 1. The average Bonchev–Trinajstić information content (AvgIpc) is 3.51. The Hall–Kier alpha value is -4.35. The van der Waals surface area contributed by atoms with Gasteiger partial charge in [-0.3, -0.25) is 0 Å². The summed E-state index contributed by atoms with van der Waals surface area (Å²) in [6.07, 6.45) is 3.98. The van der Waals surface area contributed by atoms with Crippen molar-refractivity contribution in [1.82, 2.24) is 9.97 Å². The monoisotopic (exact) mass is 933 g/mol. The van der Waals surface area contributed by atoms with E-state index in [2.05, 4.69) is 167 Å². The van der Waals surface area contributed by atoms with Crippen LogP contribution in [0.15, 0.2) is 114 Å². The maximum absolute atomic E-state index is 6.43. The third-order valence-corrected chi connectivity index (χ3v) is 14.5. The Morgan fingerprint density at radius 2 is 1.40 bits per heavy atom. The minimum absolute atomic E-state index is 0. The Kier molecular flexibility index (Phi) is 11.3. The molecule has 1 radical (unpaired) electrons. The maximum atomic E-state index is 6.43. The van der Waals surface area contributed by atoms with Gasteiger partial charge in [0.05, 0.1) is 5.58 Å². The molecule has 53 heavy (non-hydrogen) atoms. The summed E-state index contributed by atoms with van der Waals surface area (Å²) in [5.41, 5.74) is 14.5. The second-order valence-electron chi connectivity index (χ2n) is 15.4. The van der Waals surface area contributed by atoms with E-state index < -0.39 is 13.3 Å². The van der Waals surface area contributed by atoms with Crippen molar-refractivity contribution in [2.24, 2.45) is 0 Å². The summed E-state index contributed by atoms with van der Waals surface area (Å²) >= 11 is -1.82. The molecule has 0 unspecified atom stereocenters. The number of hydrogen-bond donors (Lipinski definition) is 0. The molecule has 0 saturated heterocycles. The Balaban J connectivity index is 0.000000191. The second kappa shape index (κ2) is 15.6. The molecule has 0 fully saturated rings. The molecule has 8 aromatic rings. The van der Waals surface area contributed by atoms with Crippen molar-refractivity contribution in [3.63, 3.8) is 0 Å². The van der Waals surface area contributed by atoms with Crippen molar-refractivity contribution >= 4 is 50.4 Å². The van der Waals surface area contributed by atoms with Gasteiger partial charge in [-0.25, -0.2) is 0 Å². The predicted molar refractivity (Wildman–Crippen MR) is 223 cm³/mol. The predicted octanol–water partition coefficient (Wildman–Crippen LogP) is 12.7. The van der Waals surface area contributed by atoms with Crippen LogP contribution in [0.1, 0.15) is 47.6 Å². The molecule has 0 aliphatic carbocycles. The van der Waals surface area contributed by atoms with Crippen LogP contribution < -0.4 is 4.40 Å². The second-order valence-corrected chi connectivity index (χ2v) is 26.0. The van der Waals surface area contributed by atoms with Crippen molar-refractivity contribution in [2.75, 3.05) is 0 Å². The van der Waals surface area contributed by atoms with Gasteiger partial charge in [0.25, 0.3) is 0 Å². The molecule has 0 saturated carbocycles. The SMILES string of the molecule is Cc1cc(-c2[c-]cc3ccccc3c2)nc[c]1[Ge]([CH3])([CH3])[CH3].Cc1cc(C)c(-c2c[c-]c(-c3cc(C(C)C)ccn3)c3oc4ccccc4c23)c(C)c1.[Ir]. The number of rotatable bonds is 5. The van der Waals surface area contributed by atoms with Crippen LogP contribution in [0.5, 0.6) is 0 Å². The number of aryl methyl sites for hydroxylation is 4. The van der Waals surface area contributed by atoms with Crippen molar-refractivity contribution in [3.05, 3.63) is 149 Å². The van der Waals surface area contributed by atoms with Crippen molar-refractivity contribution in [2.45, 2.75) is 64.7 Å². The quantitative estimate of drug-likeness (QED) is 0.127. The van der Waals surface area contributed by atoms with Gasteiger partial charge >= 0.3 is 129 Å². The Morgan fingerprint density at radius 1 is 0.698 bits per heavy atom. The normalized spacial score (nSPS) is 11.5. The van der Waals surface area contributed by atoms with Crippen LogP contribution in [0.3, 0.4) is 0 Å². The number of nitrogens with zero attached hydrogens (tertiary/aromatic N) is 2. The molecule has 269 valence electrons. The van der Waals surface area contributed by atoms with E-state index in [4.69, 9.17) is 9.40 Å². The van der Waals surface area contributed by atoms with E-state index in [1.54, 1.807) is 0 Å². The van der Waals surface area contributed by atoms with Gasteiger partial charge in [-0.05, 0) is 49.9 Å². The molecule has 0 amide bonds. The summed E-state index contributed by atoms with van der Waals surface area (Å²) in [7, 11) is 0. The van der Waals surface area contributed by atoms with E-state index in [0.29, 0.717) is 5.92 Å². The number of fused-ring (bicyclic) bond motifs is 4. The van der Waals surface area contributed by atoms with Crippen LogP contribution in [-0.4, -0.2) is 23.2 Å². The molecule has 5 aromatic carbocycles. The minimum Gasteiger partial charge on any atom is -0.501 e. The molecular formula is C48H46GeIrN2O-2. The van der Waals surface area contributed by atoms with Crippen LogP contribution in [-0.2, 0) is 20.1 Å². The summed E-state index contributed by atoms with van der Waals surface area (Å²) in [6, 6.07) is 40.9. The van der Waals surface area contributed by atoms with Gasteiger partial charge in [0, 0.05) is 31.7 Å². The Bertz CT molecular complexity index is 2570. The number of hydrogen-bond acceptors (Lipinski definition) is 3. The third-order valence-electron chi connectivity index (χ3n) is 9.98. The largest absolute Gasteiger partial charge is 0.501 e. The summed E-state index contributed by atoms with van der Waals surface area (Å²) in [6.45, 7) is 13.1. The van der Waals surface area contributed by atoms with E-state index in [1.807, 2.05) is 18.3 Å². The molecule has 3 heterocycles. The van der Waals surface area contributed by atoms with Crippen LogP contribution >= 0.6 is 0 Å². The average molecular weight is 932 g/mol. The summed E-state index contributed by atoms with van der Waals surface area (Å²) in [5, 5.41) is 4.72. The smallest absolute Gasteiger partial charge is 0.120 e. The molecule has 3 aromatic heterocycles. The number of para-hydroxylation sites is 1. The van der Waals surface area contributed by atoms with Crippen LogP contribution in [0.25, 0.3) is 66.4 Å². The Morgan fingerprint density at radius 3 is 2.09 bits per heavy atom. The van der Waals surface area contributed by atoms with Crippen molar-refractivity contribution in [1.29, 1.82) is 0 Å². The molecule has 8 rings (SSSR count).